The van der Waals surface area contributed by atoms with E-state index in [1.807, 2.05) is 6.07 Å². The Morgan fingerprint density at radius 2 is 2.08 bits per heavy atom. The molecule has 1 aromatic carbocycles. The lowest BCUT2D eigenvalue weighted by Crippen LogP contribution is -2.44. The van der Waals surface area contributed by atoms with Crippen LogP contribution in [0.4, 0.5) is 15.9 Å². The Balaban J connectivity index is 1.44. The first-order chi connectivity index (χ1) is 12.6. The summed E-state index contributed by atoms with van der Waals surface area (Å²) in [5.41, 5.74) is 4.04. The summed E-state index contributed by atoms with van der Waals surface area (Å²) in [5, 5.41) is 3.61. The standard InChI is InChI=1S/C20H22ClFN4/c1-12-2-4-14-16(12)19(25-11-24-14)26-8-6-20(7-9-26)10-23-15-5-3-13(21)18(22)17(15)20/h3,5,11-12,23H,2,4,6-10H2,1H3. The van der Waals surface area contributed by atoms with Gasteiger partial charge in [0.25, 0.3) is 0 Å². The van der Waals surface area contributed by atoms with Crippen molar-refractivity contribution in [2.45, 2.75) is 43.9 Å². The van der Waals surface area contributed by atoms with E-state index in [-0.39, 0.29) is 16.3 Å². The van der Waals surface area contributed by atoms with Gasteiger partial charge < -0.3 is 10.2 Å². The summed E-state index contributed by atoms with van der Waals surface area (Å²) in [5.74, 6) is 1.36. The van der Waals surface area contributed by atoms with Crippen LogP contribution in [0.5, 0.6) is 0 Å². The summed E-state index contributed by atoms with van der Waals surface area (Å²) >= 11 is 6.07. The van der Waals surface area contributed by atoms with E-state index in [0.717, 1.165) is 62.4 Å². The molecule has 26 heavy (non-hydrogen) atoms. The Hall–Kier alpha value is -1.88. The molecule has 1 aromatic heterocycles. The minimum atomic E-state index is -0.251. The zero-order chi connectivity index (χ0) is 17.9. The molecule has 6 heteroatoms. The van der Waals surface area contributed by atoms with Gasteiger partial charge in [0.1, 0.15) is 18.0 Å². The predicted molar refractivity (Wildman–Crippen MR) is 102 cm³/mol. The maximum Gasteiger partial charge on any atom is 0.147 e. The van der Waals surface area contributed by atoms with E-state index in [1.54, 1.807) is 12.4 Å². The fourth-order valence-electron chi connectivity index (χ4n) is 5.02. The minimum absolute atomic E-state index is 0.164. The number of hydrogen-bond donors (Lipinski definition) is 1. The summed E-state index contributed by atoms with van der Waals surface area (Å²) in [4.78, 5) is 11.5. The Labute approximate surface area is 157 Å². The molecular weight excluding hydrogens is 351 g/mol. The fraction of sp³-hybridized carbons (Fsp3) is 0.500. The van der Waals surface area contributed by atoms with Crippen molar-refractivity contribution in [2.75, 3.05) is 29.9 Å². The van der Waals surface area contributed by atoms with Crippen LogP contribution in [0.15, 0.2) is 18.5 Å². The molecule has 3 heterocycles. The number of halogens is 2. The molecule has 5 rings (SSSR count). The van der Waals surface area contributed by atoms with Gasteiger partial charge in [0.2, 0.25) is 0 Å². The quantitative estimate of drug-likeness (QED) is 0.811. The summed E-state index contributed by atoms with van der Waals surface area (Å²) < 4.78 is 14.8. The van der Waals surface area contributed by atoms with Gasteiger partial charge >= 0.3 is 0 Å². The molecule has 1 N–H and O–H groups in total. The van der Waals surface area contributed by atoms with Gasteiger partial charge in [-0.25, -0.2) is 14.4 Å². The Morgan fingerprint density at radius 1 is 1.27 bits per heavy atom. The third-order valence-electron chi connectivity index (χ3n) is 6.51. The van der Waals surface area contributed by atoms with Crippen molar-refractivity contribution >= 4 is 23.1 Å². The van der Waals surface area contributed by atoms with Crippen molar-refractivity contribution in [3.8, 4) is 0 Å². The molecule has 1 spiro atoms. The molecule has 2 aliphatic heterocycles. The second-order valence-corrected chi connectivity index (χ2v) is 8.31. The summed E-state index contributed by atoms with van der Waals surface area (Å²) in [6.45, 7) is 4.80. The molecular formula is C20H22ClFN4. The molecule has 0 bridgehead atoms. The molecule has 2 aromatic rings. The number of nitrogens with one attached hydrogen (secondary N) is 1. The summed E-state index contributed by atoms with van der Waals surface area (Å²) in [6.07, 6.45) is 5.70. The number of piperidine rings is 1. The van der Waals surface area contributed by atoms with Crippen LogP contribution in [0.2, 0.25) is 5.02 Å². The third-order valence-corrected chi connectivity index (χ3v) is 6.81. The zero-order valence-electron chi connectivity index (χ0n) is 14.9. The lowest BCUT2D eigenvalue weighted by atomic mass is 9.74. The smallest absolute Gasteiger partial charge is 0.147 e. The molecule has 1 aliphatic carbocycles. The minimum Gasteiger partial charge on any atom is -0.384 e. The zero-order valence-corrected chi connectivity index (χ0v) is 15.6. The average molecular weight is 373 g/mol. The SMILES string of the molecule is CC1CCc2ncnc(N3CCC4(CC3)CNc3ccc(Cl)c(F)c34)c21. The van der Waals surface area contributed by atoms with Crippen LogP contribution in [0, 0.1) is 5.82 Å². The van der Waals surface area contributed by atoms with Gasteiger partial charge in [-0.1, -0.05) is 18.5 Å². The normalized spacial score (nSPS) is 23.0. The first-order valence-corrected chi connectivity index (χ1v) is 9.78. The number of hydrogen-bond acceptors (Lipinski definition) is 4. The lowest BCUT2D eigenvalue weighted by molar-refractivity contribution is 0.349. The van der Waals surface area contributed by atoms with Gasteiger partial charge in [-0.15, -0.1) is 0 Å². The van der Waals surface area contributed by atoms with Gasteiger partial charge in [0.15, 0.2) is 0 Å². The number of anilines is 2. The van der Waals surface area contributed by atoms with E-state index < -0.39 is 0 Å². The highest BCUT2D eigenvalue weighted by atomic mass is 35.5. The molecule has 1 fully saturated rings. The highest BCUT2D eigenvalue weighted by molar-refractivity contribution is 6.31. The molecule has 1 atom stereocenters. The second-order valence-electron chi connectivity index (χ2n) is 7.90. The molecule has 0 radical (unpaired) electrons. The topological polar surface area (TPSA) is 41.1 Å². The fourth-order valence-corrected chi connectivity index (χ4v) is 5.18. The summed E-state index contributed by atoms with van der Waals surface area (Å²) in [7, 11) is 0. The first kappa shape index (κ1) is 16.3. The largest absolute Gasteiger partial charge is 0.384 e. The van der Waals surface area contributed by atoms with Crippen molar-refractivity contribution in [1.82, 2.24) is 9.97 Å². The maximum absolute atomic E-state index is 14.8. The van der Waals surface area contributed by atoms with Crippen LogP contribution < -0.4 is 10.2 Å². The Bertz CT molecular complexity index is 876. The monoisotopic (exact) mass is 372 g/mol. The average Bonchev–Trinajstić information content (AvgIpc) is 3.21. The van der Waals surface area contributed by atoms with Crippen molar-refractivity contribution in [1.29, 1.82) is 0 Å². The molecule has 4 nitrogen and oxygen atoms in total. The van der Waals surface area contributed by atoms with Crippen molar-refractivity contribution in [3.05, 3.63) is 46.1 Å². The number of rotatable bonds is 1. The number of aryl methyl sites for hydroxylation is 1. The third kappa shape index (κ3) is 2.26. The number of fused-ring (bicyclic) bond motifs is 3. The molecule has 1 saturated heterocycles. The number of nitrogens with zero attached hydrogens (tertiary/aromatic N) is 3. The van der Waals surface area contributed by atoms with Crippen LogP contribution in [-0.2, 0) is 11.8 Å². The van der Waals surface area contributed by atoms with Gasteiger partial charge in [-0.3, -0.25) is 0 Å². The highest BCUT2D eigenvalue weighted by Crippen LogP contribution is 2.48. The van der Waals surface area contributed by atoms with Crippen LogP contribution in [0.3, 0.4) is 0 Å². The Morgan fingerprint density at radius 3 is 2.88 bits per heavy atom. The van der Waals surface area contributed by atoms with Gasteiger partial charge in [0, 0.05) is 47.6 Å². The van der Waals surface area contributed by atoms with Crippen molar-refractivity contribution in [2.24, 2.45) is 0 Å². The molecule has 1 unspecified atom stereocenters. The van der Waals surface area contributed by atoms with Gasteiger partial charge in [-0.2, -0.15) is 0 Å². The maximum atomic E-state index is 14.8. The number of benzene rings is 1. The first-order valence-electron chi connectivity index (χ1n) is 9.40. The summed E-state index contributed by atoms with van der Waals surface area (Å²) in [6, 6.07) is 3.54. The van der Waals surface area contributed by atoms with E-state index in [1.165, 1.54) is 11.3 Å². The van der Waals surface area contributed by atoms with E-state index >= 15 is 0 Å². The highest BCUT2D eigenvalue weighted by Gasteiger charge is 2.44. The predicted octanol–water partition coefficient (Wildman–Crippen LogP) is 4.28. The molecule has 136 valence electrons. The van der Waals surface area contributed by atoms with Crippen molar-refractivity contribution in [3.63, 3.8) is 0 Å². The second kappa shape index (κ2) is 5.81. The van der Waals surface area contributed by atoms with E-state index in [0.29, 0.717) is 5.92 Å². The van der Waals surface area contributed by atoms with Gasteiger partial charge in [-0.05, 0) is 43.7 Å². The molecule has 0 amide bonds. The van der Waals surface area contributed by atoms with Crippen LogP contribution in [0.25, 0.3) is 0 Å². The van der Waals surface area contributed by atoms with Crippen LogP contribution in [-0.4, -0.2) is 29.6 Å². The van der Waals surface area contributed by atoms with E-state index in [4.69, 9.17) is 11.6 Å². The molecule has 0 saturated carbocycles. The van der Waals surface area contributed by atoms with Crippen molar-refractivity contribution < 1.29 is 4.39 Å². The number of aromatic nitrogens is 2. The Kier molecular flexibility index (Phi) is 3.64. The van der Waals surface area contributed by atoms with E-state index in [9.17, 15) is 4.39 Å². The van der Waals surface area contributed by atoms with Crippen LogP contribution in [0.1, 0.15) is 48.9 Å². The molecule has 3 aliphatic rings. The van der Waals surface area contributed by atoms with Gasteiger partial charge in [0.05, 0.1) is 5.02 Å². The lowest BCUT2D eigenvalue weighted by Gasteiger charge is -2.40. The van der Waals surface area contributed by atoms with E-state index in [2.05, 4.69) is 27.1 Å². The van der Waals surface area contributed by atoms with Crippen LogP contribution >= 0.6 is 11.6 Å².